The van der Waals surface area contributed by atoms with Gasteiger partial charge in [-0.25, -0.2) is 0 Å². The molecule has 0 aromatic rings. The lowest BCUT2D eigenvalue weighted by Crippen LogP contribution is -2.42. The normalized spacial score (nSPS) is 39.0. The van der Waals surface area contributed by atoms with Crippen molar-refractivity contribution in [3.05, 3.63) is 0 Å². The fourth-order valence-corrected chi connectivity index (χ4v) is 3.04. The van der Waals surface area contributed by atoms with Crippen LogP contribution in [-0.2, 0) is 0 Å². The first kappa shape index (κ1) is 11.4. The van der Waals surface area contributed by atoms with Gasteiger partial charge in [0.2, 0.25) is 0 Å². The predicted octanol–water partition coefficient (Wildman–Crippen LogP) is 3.45. The molecule has 2 saturated carbocycles. The van der Waals surface area contributed by atoms with Crippen molar-refractivity contribution in [2.75, 3.05) is 6.54 Å². The first-order valence-corrected chi connectivity index (χ1v) is 6.92. The Bertz CT molecular complexity index is 198. The molecule has 0 aromatic heterocycles. The maximum Gasteiger partial charge on any atom is 0.00953 e. The summed E-state index contributed by atoms with van der Waals surface area (Å²) in [4.78, 5) is 0. The van der Waals surface area contributed by atoms with Crippen molar-refractivity contribution in [2.24, 2.45) is 23.7 Å². The average molecular weight is 209 g/mol. The number of nitrogens with one attached hydrogen (secondary N) is 1. The smallest absolute Gasteiger partial charge is 0.00953 e. The van der Waals surface area contributed by atoms with Crippen LogP contribution in [-0.4, -0.2) is 12.6 Å². The van der Waals surface area contributed by atoms with Crippen LogP contribution in [0.25, 0.3) is 0 Å². The molecule has 1 N–H and O–H groups in total. The van der Waals surface area contributed by atoms with Crippen LogP contribution in [0, 0.1) is 23.7 Å². The first-order chi connectivity index (χ1) is 7.18. The summed E-state index contributed by atoms with van der Waals surface area (Å²) in [6.07, 6.45) is 7.25. The molecule has 1 heteroatoms. The maximum absolute atomic E-state index is 3.82. The van der Waals surface area contributed by atoms with Gasteiger partial charge in [-0.05, 0) is 49.5 Å². The van der Waals surface area contributed by atoms with Gasteiger partial charge in [-0.1, -0.05) is 33.6 Å². The molecule has 4 atom stereocenters. The minimum absolute atomic E-state index is 0.801. The second-order valence-electron chi connectivity index (χ2n) is 6.10. The van der Waals surface area contributed by atoms with Gasteiger partial charge in [0.05, 0.1) is 0 Å². The summed E-state index contributed by atoms with van der Waals surface area (Å²) in [6.45, 7) is 8.53. The zero-order valence-corrected chi connectivity index (χ0v) is 10.6. The average Bonchev–Trinajstić information content (AvgIpc) is 3.03. The third kappa shape index (κ3) is 2.96. The van der Waals surface area contributed by atoms with E-state index in [0.29, 0.717) is 0 Å². The highest BCUT2D eigenvalue weighted by Gasteiger charge is 2.30. The Labute approximate surface area is 95.0 Å². The van der Waals surface area contributed by atoms with Crippen LogP contribution in [0.15, 0.2) is 0 Å². The summed E-state index contributed by atoms with van der Waals surface area (Å²) < 4.78 is 0. The van der Waals surface area contributed by atoms with Crippen LogP contribution in [0.5, 0.6) is 0 Å². The molecule has 0 aromatic carbocycles. The third-order valence-electron chi connectivity index (χ3n) is 4.84. The lowest BCUT2D eigenvalue weighted by molar-refractivity contribution is 0.200. The third-order valence-corrected chi connectivity index (χ3v) is 4.84. The molecule has 0 spiro atoms. The molecule has 15 heavy (non-hydrogen) atoms. The maximum atomic E-state index is 3.82. The molecule has 2 aliphatic carbocycles. The Morgan fingerprint density at radius 2 is 1.87 bits per heavy atom. The van der Waals surface area contributed by atoms with Gasteiger partial charge >= 0.3 is 0 Å². The molecule has 88 valence electrons. The minimum atomic E-state index is 0.801. The van der Waals surface area contributed by atoms with E-state index in [1.54, 1.807) is 0 Å². The van der Waals surface area contributed by atoms with Gasteiger partial charge in [-0.2, -0.15) is 0 Å². The molecule has 1 nitrogen and oxygen atoms in total. The van der Waals surface area contributed by atoms with Crippen LogP contribution >= 0.6 is 0 Å². The summed E-state index contributed by atoms with van der Waals surface area (Å²) in [5.41, 5.74) is 0. The molecule has 2 fully saturated rings. The summed E-state index contributed by atoms with van der Waals surface area (Å²) in [5, 5.41) is 3.82. The molecule has 0 heterocycles. The molecular formula is C14H27N. The molecule has 0 bridgehead atoms. The first-order valence-electron chi connectivity index (χ1n) is 6.92. The van der Waals surface area contributed by atoms with Crippen LogP contribution in [0.3, 0.4) is 0 Å². The second kappa shape index (κ2) is 4.86. The quantitative estimate of drug-likeness (QED) is 0.748. The number of rotatable bonds is 4. The van der Waals surface area contributed by atoms with Gasteiger partial charge < -0.3 is 5.32 Å². The van der Waals surface area contributed by atoms with Gasteiger partial charge in [0.1, 0.15) is 0 Å². The minimum Gasteiger partial charge on any atom is -0.313 e. The molecule has 2 aliphatic rings. The molecule has 0 radical (unpaired) electrons. The molecule has 0 aliphatic heterocycles. The highest BCUT2D eigenvalue weighted by atomic mass is 14.9. The molecule has 0 saturated heterocycles. The molecule has 0 amide bonds. The SMILES string of the molecule is CC(CNC1CCCC(C)C1C)C1CC1. The zero-order chi connectivity index (χ0) is 10.8. The van der Waals surface area contributed by atoms with Crippen LogP contribution in [0.4, 0.5) is 0 Å². The Hall–Kier alpha value is -0.0400. The van der Waals surface area contributed by atoms with Crippen LogP contribution in [0.1, 0.15) is 52.9 Å². The van der Waals surface area contributed by atoms with Crippen molar-refractivity contribution < 1.29 is 0 Å². The number of hydrogen-bond acceptors (Lipinski definition) is 1. The fourth-order valence-electron chi connectivity index (χ4n) is 3.04. The van der Waals surface area contributed by atoms with Gasteiger partial charge in [-0.15, -0.1) is 0 Å². The largest absolute Gasteiger partial charge is 0.313 e. The van der Waals surface area contributed by atoms with Gasteiger partial charge in [0.15, 0.2) is 0 Å². The van der Waals surface area contributed by atoms with Crippen LogP contribution < -0.4 is 5.32 Å². The van der Waals surface area contributed by atoms with Crippen molar-refractivity contribution >= 4 is 0 Å². The fraction of sp³-hybridized carbons (Fsp3) is 1.00. The summed E-state index contributed by atoms with van der Waals surface area (Å²) >= 11 is 0. The van der Waals surface area contributed by atoms with Gasteiger partial charge in [0, 0.05) is 6.04 Å². The summed E-state index contributed by atoms with van der Waals surface area (Å²) in [7, 11) is 0. The van der Waals surface area contributed by atoms with E-state index in [2.05, 4.69) is 26.1 Å². The van der Waals surface area contributed by atoms with Crippen molar-refractivity contribution in [3.63, 3.8) is 0 Å². The summed E-state index contributed by atoms with van der Waals surface area (Å²) in [6, 6.07) is 0.801. The number of hydrogen-bond donors (Lipinski definition) is 1. The van der Waals surface area contributed by atoms with E-state index in [1.165, 1.54) is 38.6 Å². The molecule has 2 rings (SSSR count). The molecular weight excluding hydrogens is 182 g/mol. The second-order valence-corrected chi connectivity index (χ2v) is 6.10. The Morgan fingerprint density at radius 1 is 1.13 bits per heavy atom. The highest BCUT2D eigenvalue weighted by molar-refractivity contribution is 4.85. The van der Waals surface area contributed by atoms with Crippen molar-refractivity contribution in [1.29, 1.82) is 0 Å². The lowest BCUT2D eigenvalue weighted by atomic mass is 9.78. The van der Waals surface area contributed by atoms with Gasteiger partial charge in [-0.3, -0.25) is 0 Å². The van der Waals surface area contributed by atoms with Gasteiger partial charge in [0.25, 0.3) is 0 Å². The Balaban J connectivity index is 1.72. The summed E-state index contributed by atoms with van der Waals surface area (Å²) in [5.74, 6) is 3.76. The van der Waals surface area contributed by atoms with E-state index in [4.69, 9.17) is 0 Å². The zero-order valence-electron chi connectivity index (χ0n) is 10.6. The molecule has 4 unspecified atom stereocenters. The van der Waals surface area contributed by atoms with Crippen molar-refractivity contribution in [1.82, 2.24) is 5.32 Å². The monoisotopic (exact) mass is 209 g/mol. The van der Waals surface area contributed by atoms with E-state index < -0.39 is 0 Å². The highest BCUT2D eigenvalue weighted by Crippen LogP contribution is 2.36. The van der Waals surface area contributed by atoms with Crippen LogP contribution in [0.2, 0.25) is 0 Å². The van der Waals surface area contributed by atoms with E-state index in [-0.39, 0.29) is 0 Å². The van der Waals surface area contributed by atoms with E-state index in [1.807, 2.05) is 0 Å². The van der Waals surface area contributed by atoms with E-state index in [9.17, 15) is 0 Å². The van der Waals surface area contributed by atoms with Crippen molar-refractivity contribution in [2.45, 2.75) is 58.9 Å². The predicted molar refractivity (Wildman–Crippen MR) is 65.9 cm³/mol. The Morgan fingerprint density at radius 3 is 2.53 bits per heavy atom. The lowest BCUT2D eigenvalue weighted by Gasteiger charge is -2.35. The topological polar surface area (TPSA) is 12.0 Å². The standard InChI is InChI=1S/C14H27N/c1-10-5-4-6-14(12(10)3)15-9-11(2)13-7-8-13/h10-15H,4-9H2,1-3H3. The van der Waals surface area contributed by atoms with E-state index in [0.717, 1.165) is 29.7 Å². The van der Waals surface area contributed by atoms with Crippen molar-refractivity contribution in [3.8, 4) is 0 Å². The Kier molecular flexibility index (Phi) is 3.71. The van der Waals surface area contributed by atoms with E-state index >= 15 is 0 Å².